The van der Waals surface area contributed by atoms with Crippen LogP contribution in [0.1, 0.15) is 19.8 Å². The standard InChI is InChI=1S/C17H22ClN5O3S/c1-3-22(16(24)11-21(2)27(25,26)12-13-6-7-13)15-10-23(20-17(15)18)14-5-4-8-19-9-14/h4-5,8-10,13H,3,6-7,11-12H2,1-2H3. The quantitative estimate of drug-likeness (QED) is 0.662. The number of anilines is 1. The normalized spacial score (nSPS) is 14.5. The predicted molar refractivity (Wildman–Crippen MR) is 104 cm³/mol. The number of carbonyl (C=O) groups is 1. The van der Waals surface area contributed by atoms with Gasteiger partial charge in [0.2, 0.25) is 15.9 Å². The van der Waals surface area contributed by atoms with E-state index in [4.69, 9.17) is 11.6 Å². The summed E-state index contributed by atoms with van der Waals surface area (Å²) >= 11 is 6.24. The SMILES string of the molecule is CCN(C(=O)CN(C)S(=O)(=O)CC1CC1)c1cn(-c2cccnc2)nc1Cl. The summed E-state index contributed by atoms with van der Waals surface area (Å²) in [7, 11) is -2.01. The van der Waals surface area contributed by atoms with Gasteiger partial charge in [0.15, 0.2) is 5.15 Å². The van der Waals surface area contributed by atoms with Crippen molar-refractivity contribution in [3.63, 3.8) is 0 Å². The lowest BCUT2D eigenvalue weighted by molar-refractivity contribution is -0.118. The van der Waals surface area contributed by atoms with E-state index in [0.29, 0.717) is 17.9 Å². The zero-order chi connectivity index (χ0) is 19.6. The van der Waals surface area contributed by atoms with Crippen LogP contribution in [0.2, 0.25) is 5.15 Å². The van der Waals surface area contributed by atoms with Crippen LogP contribution in [0.3, 0.4) is 0 Å². The molecule has 0 bridgehead atoms. The van der Waals surface area contributed by atoms with E-state index in [1.54, 1.807) is 31.6 Å². The van der Waals surface area contributed by atoms with Gasteiger partial charge in [0.05, 0.1) is 30.4 Å². The molecule has 0 aliphatic heterocycles. The lowest BCUT2D eigenvalue weighted by Gasteiger charge is -2.23. The number of pyridine rings is 1. The van der Waals surface area contributed by atoms with Crippen LogP contribution < -0.4 is 4.90 Å². The van der Waals surface area contributed by atoms with E-state index in [0.717, 1.165) is 17.1 Å². The van der Waals surface area contributed by atoms with Crippen molar-refractivity contribution < 1.29 is 13.2 Å². The summed E-state index contributed by atoms with van der Waals surface area (Å²) in [4.78, 5) is 18.2. The highest BCUT2D eigenvalue weighted by atomic mass is 35.5. The molecule has 3 rings (SSSR count). The number of aromatic nitrogens is 3. The van der Waals surface area contributed by atoms with Gasteiger partial charge in [-0.3, -0.25) is 9.78 Å². The molecule has 10 heteroatoms. The maximum atomic E-state index is 12.7. The van der Waals surface area contributed by atoms with Crippen molar-refractivity contribution in [2.75, 3.05) is 30.8 Å². The Morgan fingerprint density at radius 3 is 2.74 bits per heavy atom. The molecule has 27 heavy (non-hydrogen) atoms. The molecular weight excluding hydrogens is 390 g/mol. The minimum absolute atomic E-state index is 0.0998. The van der Waals surface area contributed by atoms with Gasteiger partial charge in [0, 0.05) is 19.8 Å². The predicted octanol–water partition coefficient (Wildman–Crippen LogP) is 1.95. The zero-order valence-corrected chi connectivity index (χ0v) is 16.8. The van der Waals surface area contributed by atoms with Crippen LogP contribution in [0.4, 0.5) is 5.69 Å². The summed E-state index contributed by atoms with van der Waals surface area (Å²) in [5, 5.41) is 4.39. The number of hydrogen-bond donors (Lipinski definition) is 0. The fourth-order valence-electron chi connectivity index (χ4n) is 2.71. The third-order valence-corrected chi connectivity index (χ3v) is 6.69. The summed E-state index contributed by atoms with van der Waals surface area (Å²) in [5.74, 6) is -0.0308. The van der Waals surface area contributed by atoms with Crippen LogP contribution in [-0.4, -0.2) is 59.3 Å². The number of amides is 1. The summed E-state index contributed by atoms with van der Waals surface area (Å²) in [6.45, 7) is 1.90. The van der Waals surface area contributed by atoms with E-state index in [-0.39, 0.29) is 29.3 Å². The maximum Gasteiger partial charge on any atom is 0.242 e. The largest absolute Gasteiger partial charge is 0.307 e. The Balaban J connectivity index is 1.76. The fourth-order valence-corrected chi connectivity index (χ4v) is 4.43. The molecule has 1 saturated carbocycles. The van der Waals surface area contributed by atoms with Crippen molar-refractivity contribution >= 4 is 33.2 Å². The van der Waals surface area contributed by atoms with Gasteiger partial charge in [-0.1, -0.05) is 11.6 Å². The molecule has 2 aromatic rings. The van der Waals surface area contributed by atoms with Gasteiger partial charge in [0.25, 0.3) is 0 Å². The molecular formula is C17H22ClN5O3S. The Morgan fingerprint density at radius 1 is 1.41 bits per heavy atom. The Kier molecular flexibility index (Phi) is 5.83. The number of carbonyl (C=O) groups excluding carboxylic acids is 1. The molecule has 1 amide bonds. The second-order valence-corrected chi connectivity index (χ2v) is 9.06. The number of likely N-dealkylation sites (N-methyl/N-ethyl adjacent to an activating group) is 2. The molecule has 8 nitrogen and oxygen atoms in total. The first-order chi connectivity index (χ1) is 12.8. The van der Waals surface area contributed by atoms with E-state index in [1.807, 2.05) is 6.07 Å². The lowest BCUT2D eigenvalue weighted by Crippen LogP contribution is -2.42. The molecule has 0 atom stereocenters. The van der Waals surface area contributed by atoms with Crippen molar-refractivity contribution in [1.82, 2.24) is 19.1 Å². The highest BCUT2D eigenvalue weighted by Crippen LogP contribution is 2.31. The Hall–Kier alpha value is -1.97. The van der Waals surface area contributed by atoms with Gasteiger partial charge >= 0.3 is 0 Å². The van der Waals surface area contributed by atoms with Crippen molar-refractivity contribution in [2.45, 2.75) is 19.8 Å². The first-order valence-corrected chi connectivity index (χ1v) is 10.7. The van der Waals surface area contributed by atoms with Gasteiger partial charge < -0.3 is 4.90 Å². The number of halogens is 1. The molecule has 146 valence electrons. The van der Waals surface area contributed by atoms with Crippen molar-refractivity contribution in [3.8, 4) is 5.69 Å². The van der Waals surface area contributed by atoms with Crippen molar-refractivity contribution in [3.05, 3.63) is 35.9 Å². The summed E-state index contributed by atoms with van der Waals surface area (Å²) in [6, 6.07) is 3.59. The van der Waals surface area contributed by atoms with Crippen LogP contribution in [0.5, 0.6) is 0 Å². The second kappa shape index (κ2) is 7.95. The molecule has 0 saturated heterocycles. The van der Waals surface area contributed by atoms with E-state index in [1.165, 1.54) is 16.6 Å². The van der Waals surface area contributed by atoms with Crippen LogP contribution in [-0.2, 0) is 14.8 Å². The molecule has 1 aliphatic carbocycles. The summed E-state index contributed by atoms with van der Waals surface area (Å²) < 4.78 is 27.3. The number of nitrogens with zero attached hydrogens (tertiary/aromatic N) is 5. The van der Waals surface area contributed by atoms with Crippen molar-refractivity contribution in [2.24, 2.45) is 5.92 Å². The zero-order valence-electron chi connectivity index (χ0n) is 15.2. The number of sulfonamides is 1. The molecule has 0 unspecified atom stereocenters. The van der Waals surface area contributed by atoms with Gasteiger partial charge in [-0.15, -0.1) is 0 Å². The van der Waals surface area contributed by atoms with E-state index < -0.39 is 10.0 Å². The third kappa shape index (κ3) is 4.66. The Labute approximate surface area is 163 Å². The van der Waals surface area contributed by atoms with Gasteiger partial charge in [-0.05, 0) is 37.8 Å². The first-order valence-electron chi connectivity index (χ1n) is 8.71. The number of rotatable bonds is 8. The van der Waals surface area contributed by atoms with Crippen LogP contribution in [0, 0.1) is 5.92 Å². The lowest BCUT2D eigenvalue weighted by atomic mass is 10.4. The highest BCUT2D eigenvalue weighted by Gasteiger charge is 2.32. The van der Waals surface area contributed by atoms with Crippen LogP contribution >= 0.6 is 11.6 Å². The minimum Gasteiger partial charge on any atom is -0.307 e. The molecule has 0 N–H and O–H groups in total. The Morgan fingerprint density at radius 2 is 2.15 bits per heavy atom. The highest BCUT2D eigenvalue weighted by molar-refractivity contribution is 7.89. The molecule has 0 spiro atoms. The molecule has 2 heterocycles. The van der Waals surface area contributed by atoms with Crippen molar-refractivity contribution in [1.29, 1.82) is 0 Å². The van der Waals surface area contributed by atoms with E-state index in [2.05, 4.69) is 10.1 Å². The maximum absolute atomic E-state index is 12.7. The average molecular weight is 412 g/mol. The topological polar surface area (TPSA) is 88.4 Å². The van der Waals surface area contributed by atoms with Gasteiger partial charge in [-0.25, -0.2) is 13.1 Å². The van der Waals surface area contributed by atoms with E-state index in [9.17, 15) is 13.2 Å². The second-order valence-electron chi connectivity index (χ2n) is 6.58. The first kappa shape index (κ1) is 19.8. The molecule has 0 radical (unpaired) electrons. The fraction of sp³-hybridized carbons (Fsp3) is 0.471. The Bertz CT molecular complexity index is 912. The summed E-state index contributed by atoms with van der Waals surface area (Å²) in [6.07, 6.45) is 6.79. The average Bonchev–Trinajstić information content (AvgIpc) is 3.36. The molecule has 0 aromatic carbocycles. The van der Waals surface area contributed by atoms with Crippen LogP contribution in [0.15, 0.2) is 30.7 Å². The minimum atomic E-state index is -3.44. The molecule has 2 aromatic heterocycles. The van der Waals surface area contributed by atoms with Gasteiger partial charge in [-0.2, -0.15) is 9.40 Å². The third-order valence-electron chi connectivity index (χ3n) is 4.45. The number of hydrogen-bond acceptors (Lipinski definition) is 5. The monoisotopic (exact) mass is 411 g/mol. The van der Waals surface area contributed by atoms with Crippen LogP contribution in [0.25, 0.3) is 5.69 Å². The van der Waals surface area contributed by atoms with E-state index >= 15 is 0 Å². The van der Waals surface area contributed by atoms with Gasteiger partial charge in [0.1, 0.15) is 5.69 Å². The molecule has 1 aliphatic rings. The smallest absolute Gasteiger partial charge is 0.242 e. The molecule has 1 fully saturated rings. The summed E-state index contributed by atoms with van der Waals surface area (Å²) in [5.41, 5.74) is 1.14.